The number of nitrogens with zero attached hydrogens (tertiary/aromatic N) is 4. The number of carbonyl (C=O) groups is 1. The van der Waals surface area contributed by atoms with Crippen molar-refractivity contribution in [3.8, 4) is 17.6 Å². The second kappa shape index (κ2) is 20.5. The number of nitriles is 1. The van der Waals surface area contributed by atoms with Crippen molar-refractivity contribution >= 4 is 35.2 Å². The van der Waals surface area contributed by atoms with Gasteiger partial charge < -0.3 is 0 Å². The van der Waals surface area contributed by atoms with Gasteiger partial charge in [0.1, 0.15) is 0 Å². The summed E-state index contributed by atoms with van der Waals surface area (Å²) in [5.41, 5.74) is 0.863. The van der Waals surface area contributed by atoms with Gasteiger partial charge in [-0.1, -0.05) is 0 Å². The molecular formula is C42H52N5O8PSe. The number of methoxy groups -OCH3 is 2. The summed E-state index contributed by atoms with van der Waals surface area (Å²) in [6.45, 7) is 9.93. The molecule has 5 rings (SSSR count). The van der Waals surface area contributed by atoms with E-state index in [-0.39, 0.29) is 63.2 Å². The van der Waals surface area contributed by atoms with Crippen LogP contribution in [0.25, 0.3) is 0 Å². The summed E-state index contributed by atoms with van der Waals surface area (Å²) >= 11 is -0.129. The Labute approximate surface area is 342 Å². The molecule has 0 radical (unpaired) electrons. The number of aromatic nitrogens is 2. The van der Waals surface area contributed by atoms with Crippen molar-refractivity contribution < 1.29 is 32.8 Å². The van der Waals surface area contributed by atoms with Crippen LogP contribution in [0.2, 0.25) is 10.6 Å². The van der Waals surface area contributed by atoms with E-state index in [0.29, 0.717) is 11.5 Å². The second-order valence-corrected chi connectivity index (χ2v) is 17.4. The first-order chi connectivity index (χ1) is 27.5. The molecule has 0 aliphatic carbocycles. The van der Waals surface area contributed by atoms with Crippen LogP contribution >= 0.6 is 8.53 Å². The topological polar surface area (TPSA) is 146 Å². The molecule has 1 aliphatic heterocycles. The summed E-state index contributed by atoms with van der Waals surface area (Å²) in [5.74, 6) is 3.30. The van der Waals surface area contributed by atoms with Crippen molar-refractivity contribution in [3.05, 3.63) is 118 Å². The molecule has 1 amide bonds. The van der Waals surface area contributed by atoms with Gasteiger partial charge in [0.15, 0.2) is 0 Å². The third-order valence-electron chi connectivity index (χ3n) is 9.48. The Morgan fingerprint density at radius 3 is 2.04 bits per heavy atom. The predicted octanol–water partition coefficient (Wildman–Crippen LogP) is 7.33. The fourth-order valence-corrected chi connectivity index (χ4v) is 10.9. The zero-order chi connectivity index (χ0) is 41.1. The van der Waals surface area contributed by atoms with Crippen molar-refractivity contribution in [3.63, 3.8) is 0 Å². The molecule has 304 valence electrons. The molecule has 0 spiro atoms. The van der Waals surface area contributed by atoms with Gasteiger partial charge in [0, 0.05) is 0 Å². The van der Waals surface area contributed by atoms with Crippen LogP contribution in [-0.4, -0.2) is 86.8 Å². The third kappa shape index (κ3) is 10.3. The van der Waals surface area contributed by atoms with E-state index in [1.54, 1.807) is 26.5 Å². The number of nitrogens with one attached hydrogen (secondary N) is 1. The number of hydrogen-bond acceptors (Lipinski definition) is 11. The van der Waals surface area contributed by atoms with Crippen LogP contribution in [0.4, 0.5) is 5.82 Å². The third-order valence-corrected chi connectivity index (χ3v) is 13.8. The van der Waals surface area contributed by atoms with E-state index in [2.05, 4.69) is 54.6 Å². The molecule has 1 aliphatic rings. The SMILES string of the molecule is COc1ccc(C(OC[C@H]2O[C@@H](n3ccc(NC(C)=O)nc3=O)[C@H]([Se]C)[C@@H]2OP(OCCC#N)N(C(C)C)C(C)C)(c2ccccc2)c2ccc(OC)cc2)cc1. The molecule has 1 unspecified atom stereocenters. The van der Waals surface area contributed by atoms with Gasteiger partial charge in [-0.15, -0.1) is 0 Å². The van der Waals surface area contributed by atoms with Gasteiger partial charge in [-0.25, -0.2) is 0 Å². The van der Waals surface area contributed by atoms with Gasteiger partial charge in [0.2, 0.25) is 0 Å². The van der Waals surface area contributed by atoms with E-state index in [4.69, 9.17) is 28.0 Å². The molecule has 1 fully saturated rings. The van der Waals surface area contributed by atoms with Crippen LogP contribution in [0.5, 0.6) is 11.5 Å². The Hall–Kier alpha value is -4.15. The van der Waals surface area contributed by atoms with Crippen molar-refractivity contribution in [1.82, 2.24) is 14.2 Å². The fourth-order valence-electron chi connectivity index (χ4n) is 6.98. The number of amides is 1. The molecule has 57 heavy (non-hydrogen) atoms. The van der Waals surface area contributed by atoms with Crippen molar-refractivity contribution in [1.29, 1.82) is 5.26 Å². The summed E-state index contributed by atoms with van der Waals surface area (Å²) in [6.07, 6.45) is -0.275. The summed E-state index contributed by atoms with van der Waals surface area (Å²) < 4.78 is 42.5. The molecule has 13 nitrogen and oxygen atoms in total. The Morgan fingerprint density at radius 2 is 1.54 bits per heavy atom. The van der Waals surface area contributed by atoms with Crippen LogP contribution in [-0.2, 0) is 28.9 Å². The number of carbonyl (C=O) groups excluding carboxylic acids is 1. The van der Waals surface area contributed by atoms with Gasteiger partial charge in [-0.05, 0) is 0 Å². The molecule has 0 saturated carbocycles. The first-order valence-electron chi connectivity index (χ1n) is 18.8. The van der Waals surface area contributed by atoms with Crippen molar-refractivity contribution in [2.24, 2.45) is 0 Å². The minimum absolute atomic E-state index is 0.0393. The fraction of sp³-hybridized carbons (Fsp3) is 0.429. The minimum atomic E-state index is -1.70. The van der Waals surface area contributed by atoms with Crippen molar-refractivity contribution in [2.45, 2.75) is 87.8 Å². The molecule has 3 aromatic carbocycles. The second-order valence-electron chi connectivity index (χ2n) is 13.9. The van der Waals surface area contributed by atoms with E-state index in [1.165, 1.54) is 11.5 Å². The van der Waals surface area contributed by atoms with Crippen molar-refractivity contribution in [2.75, 3.05) is 32.8 Å². The average molecular weight is 865 g/mol. The Kier molecular flexibility index (Phi) is 15.8. The summed E-state index contributed by atoms with van der Waals surface area (Å²) in [5, 5.41) is 12.0. The predicted molar refractivity (Wildman–Crippen MR) is 220 cm³/mol. The number of rotatable bonds is 19. The Bertz CT molecular complexity index is 1940. The van der Waals surface area contributed by atoms with E-state index in [1.807, 2.05) is 78.9 Å². The summed E-state index contributed by atoms with van der Waals surface area (Å²) in [4.78, 5) is 29.2. The van der Waals surface area contributed by atoms with E-state index in [0.717, 1.165) is 16.7 Å². The monoisotopic (exact) mass is 865 g/mol. The van der Waals surface area contributed by atoms with Gasteiger partial charge in [0.25, 0.3) is 0 Å². The van der Waals surface area contributed by atoms with Gasteiger partial charge in [0.05, 0.1) is 0 Å². The molecule has 1 N–H and O–H groups in total. The average Bonchev–Trinajstić information content (AvgIpc) is 3.54. The quantitative estimate of drug-likeness (QED) is 0.0438. The zero-order valence-electron chi connectivity index (χ0n) is 33.7. The molecule has 1 saturated heterocycles. The van der Waals surface area contributed by atoms with Crippen LogP contribution in [0.15, 0.2) is 95.9 Å². The molecule has 5 atom stereocenters. The molecule has 0 bridgehead atoms. The Balaban J connectivity index is 1.65. The Morgan fingerprint density at radius 1 is 0.965 bits per heavy atom. The van der Waals surface area contributed by atoms with Gasteiger partial charge >= 0.3 is 344 Å². The number of anilines is 1. The first kappa shape index (κ1) is 44.0. The maximum absolute atomic E-state index is 13.6. The molecule has 4 aromatic rings. The van der Waals surface area contributed by atoms with Gasteiger partial charge in [-0.3, -0.25) is 0 Å². The maximum atomic E-state index is 13.6. The van der Waals surface area contributed by atoms with E-state index < -0.39 is 38.3 Å². The normalized spacial score (nSPS) is 18.8. The van der Waals surface area contributed by atoms with Gasteiger partial charge in [-0.2, -0.15) is 0 Å². The van der Waals surface area contributed by atoms with Crippen LogP contribution in [0.1, 0.15) is 64.0 Å². The molecule has 15 heteroatoms. The van der Waals surface area contributed by atoms with Crippen LogP contribution < -0.4 is 20.5 Å². The van der Waals surface area contributed by atoms with Crippen LogP contribution in [0.3, 0.4) is 0 Å². The number of benzene rings is 3. The number of hydrogen-bond donors (Lipinski definition) is 1. The molecule has 2 heterocycles. The first-order valence-corrected chi connectivity index (χ1v) is 22.6. The zero-order valence-corrected chi connectivity index (χ0v) is 36.3. The molecule has 1 aromatic heterocycles. The number of ether oxygens (including phenoxy) is 4. The molecular weight excluding hydrogens is 812 g/mol. The summed E-state index contributed by atoms with van der Waals surface area (Å²) in [6, 6.07) is 29.5. The summed E-state index contributed by atoms with van der Waals surface area (Å²) in [7, 11) is 1.56. The van der Waals surface area contributed by atoms with E-state index >= 15 is 0 Å². The van der Waals surface area contributed by atoms with Crippen LogP contribution in [0, 0.1) is 11.3 Å². The van der Waals surface area contributed by atoms with E-state index in [9.17, 15) is 14.9 Å². The standard InChI is InChI=1S/C42H52N5O8PSe/c1-28(2)47(29(3)4)56(53-26-12-24-43)55-38-36(54-40(39(38)57-8)46-25-23-37(44-30(5)48)45-41(46)49)27-52-42(31-13-10-9-11-14-31,32-15-19-34(50-6)20-16-32)33-17-21-35(51-7)22-18-33/h9-11,13-23,25,28-29,36,38-40H,12,26-27H2,1-8H3,(H,44,45,48,49)/t36-,38-,39-,40-,56?/m1/s1.